The Balaban J connectivity index is 1.47. The van der Waals surface area contributed by atoms with E-state index >= 15 is 0 Å². The highest BCUT2D eigenvalue weighted by Gasteiger charge is 2.36. The maximum absolute atomic E-state index is 14.9. The fourth-order valence-electron chi connectivity index (χ4n) is 4.97. The highest BCUT2D eigenvalue weighted by atomic mass is 32.2. The summed E-state index contributed by atoms with van der Waals surface area (Å²) in [7, 11) is -2.67. The number of anilines is 1. The molecular formula is C26H31F2N5O5S. The zero-order valence-electron chi connectivity index (χ0n) is 21.7. The molecule has 1 amide bonds. The highest BCUT2D eigenvalue weighted by Crippen LogP contribution is 2.42. The second-order valence-corrected chi connectivity index (χ2v) is 11.5. The topological polar surface area (TPSA) is 105 Å². The number of nitrogens with one attached hydrogen (secondary N) is 1. The molecule has 0 spiro atoms. The first kappa shape index (κ1) is 27.3. The third-order valence-corrected chi connectivity index (χ3v) is 8.72. The van der Waals surface area contributed by atoms with E-state index in [0.29, 0.717) is 48.6 Å². The van der Waals surface area contributed by atoms with Crippen molar-refractivity contribution in [3.8, 4) is 5.75 Å². The van der Waals surface area contributed by atoms with Crippen LogP contribution in [-0.4, -0.2) is 73.9 Å². The average molecular weight is 564 g/mol. The molecule has 1 aromatic carbocycles. The fraction of sp³-hybridized carbons (Fsp3) is 0.462. The van der Waals surface area contributed by atoms with Gasteiger partial charge in [0.25, 0.3) is 5.91 Å². The van der Waals surface area contributed by atoms with Crippen LogP contribution in [0, 0.1) is 5.82 Å². The molecule has 3 aromatic rings. The number of carbonyl (C=O) groups is 1. The van der Waals surface area contributed by atoms with Crippen LogP contribution in [0.5, 0.6) is 5.75 Å². The van der Waals surface area contributed by atoms with Crippen molar-refractivity contribution in [1.82, 2.24) is 18.6 Å². The number of aromatic nitrogens is 2. The molecule has 0 saturated carbocycles. The standard InChI is InChI=1S/C26H31F2N5O5S/c1-3-31(2)39(35,36)30-26(34)22-15-29-33-9-6-19(14-24(22)33)32-16-18(28)13-23(32)21-12-17(27)4-5-25(21)38-20-7-10-37-11-8-20/h4-6,9,12,14-15,18,20,23H,3,7-8,10-11,13,16H2,1-2H3,(H,30,34)/t18-,23+/m0/s1. The van der Waals surface area contributed by atoms with Crippen LogP contribution in [0.3, 0.4) is 0 Å². The average Bonchev–Trinajstić information content (AvgIpc) is 3.52. The Hall–Kier alpha value is -3.29. The number of fused-ring (bicyclic) bond motifs is 1. The van der Waals surface area contributed by atoms with E-state index in [-0.39, 0.29) is 31.2 Å². The lowest BCUT2D eigenvalue weighted by Gasteiger charge is -2.30. The van der Waals surface area contributed by atoms with Gasteiger partial charge in [0, 0.05) is 56.8 Å². The summed E-state index contributed by atoms with van der Waals surface area (Å²) in [6, 6.07) is 7.16. The molecule has 2 aromatic heterocycles. The second-order valence-electron chi connectivity index (χ2n) is 9.74. The summed E-state index contributed by atoms with van der Waals surface area (Å²) in [6.07, 6.45) is 3.20. The number of amides is 1. The normalized spacial score (nSPS) is 20.6. The first-order valence-electron chi connectivity index (χ1n) is 12.9. The third kappa shape index (κ3) is 5.70. The lowest BCUT2D eigenvalue weighted by Crippen LogP contribution is -2.41. The molecule has 2 saturated heterocycles. The summed E-state index contributed by atoms with van der Waals surface area (Å²) in [5, 5.41) is 4.16. The Morgan fingerprint density at radius 3 is 2.77 bits per heavy atom. The summed E-state index contributed by atoms with van der Waals surface area (Å²) in [6.45, 7) is 3.05. The van der Waals surface area contributed by atoms with Gasteiger partial charge in [0.2, 0.25) is 0 Å². The van der Waals surface area contributed by atoms with Gasteiger partial charge in [-0.15, -0.1) is 0 Å². The first-order chi connectivity index (χ1) is 18.7. The van der Waals surface area contributed by atoms with Gasteiger partial charge in [-0.3, -0.25) is 4.79 Å². The summed E-state index contributed by atoms with van der Waals surface area (Å²) < 4.78 is 70.2. The van der Waals surface area contributed by atoms with Crippen molar-refractivity contribution < 1.29 is 31.5 Å². The van der Waals surface area contributed by atoms with E-state index in [2.05, 4.69) is 5.10 Å². The van der Waals surface area contributed by atoms with E-state index in [1.165, 1.54) is 29.9 Å². The molecule has 1 N–H and O–H groups in total. The molecule has 10 nitrogen and oxygen atoms in total. The van der Waals surface area contributed by atoms with Crippen molar-refractivity contribution in [2.24, 2.45) is 0 Å². The predicted octanol–water partition coefficient (Wildman–Crippen LogP) is 3.25. The molecule has 39 heavy (non-hydrogen) atoms. The fourth-order valence-corrected chi connectivity index (χ4v) is 5.81. The van der Waals surface area contributed by atoms with Crippen LogP contribution in [-0.2, 0) is 14.9 Å². The zero-order chi connectivity index (χ0) is 27.7. The summed E-state index contributed by atoms with van der Waals surface area (Å²) in [5.41, 5.74) is 1.52. The van der Waals surface area contributed by atoms with Gasteiger partial charge in [0.05, 0.1) is 36.5 Å². The minimum atomic E-state index is -4.02. The zero-order valence-corrected chi connectivity index (χ0v) is 22.5. The number of alkyl halides is 1. The molecule has 2 aliphatic heterocycles. The summed E-state index contributed by atoms with van der Waals surface area (Å²) in [5.74, 6) is -0.778. The predicted molar refractivity (Wildman–Crippen MR) is 140 cm³/mol. The van der Waals surface area contributed by atoms with Crippen LogP contribution >= 0.6 is 0 Å². The van der Waals surface area contributed by atoms with Crippen LogP contribution in [0.4, 0.5) is 14.5 Å². The van der Waals surface area contributed by atoms with Gasteiger partial charge in [0.1, 0.15) is 23.8 Å². The molecule has 2 fully saturated rings. The van der Waals surface area contributed by atoms with Crippen LogP contribution in [0.25, 0.3) is 5.52 Å². The Morgan fingerprint density at radius 2 is 2.03 bits per heavy atom. The van der Waals surface area contributed by atoms with E-state index in [4.69, 9.17) is 9.47 Å². The van der Waals surface area contributed by atoms with Crippen LogP contribution in [0.1, 0.15) is 48.1 Å². The molecule has 0 bridgehead atoms. The number of hydrogen-bond donors (Lipinski definition) is 1. The SMILES string of the molecule is CCN(C)S(=O)(=O)NC(=O)c1cnn2ccc(N3C[C@@H](F)C[C@@H]3c3cc(F)ccc3OC3CCOCC3)cc12. The number of rotatable bonds is 8. The quantitative estimate of drug-likeness (QED) is 0.449. The second kappa shape index (κ2) is 11.1. The molecule has 2 atom stereocenters. The molecular weight excluding hydrogens is 532 g/mol. The number of benzene rings is 1. The Morgan fingerprint density at radius 1 is 1.26 bits per heavy atom. The Bertz CT molecular complexity index is 1460. The number of hydrogen-bond acceptors (Lipinski definition) is 7. The van der Waals surface area contributed by atoms with Gasteiger partial charge in [-0.1, -0.05) is 6.92 Å². The van der Waals surface area contributed by atoms with Gasteiger partial charge in [0.15, 0.2) is 0 Å². The number of nitrogens with zero attached hydrogens (tertiary/aromatic N) is 4. The molecule has 0 aliphatic carbocycles. The molecule has 5 rings (SSSR count). The Kier molecular flexibility index (Phi) is 7.74. The lowest BCUT2D eigenvalue weighted by atomic mass is 10.0. The van der Waals surface area contributed by atoms with Crippen molar-refractivity contribution in [2.45, 2.75) is 44.5 Å². The maximum Gasteiger partial charge on any atom is 0.303 e. The van der Waals surface area contributed by atoms with Crippen LogP contribution in [0.2, 0.25) is 0 Å². The summed E-state index contributed by atoms with van der Waals surface area (Å²) >= 11 is 0. The van der Waals surface area contributed by atoms with Crippen LogP contribution < -0.4 is 14.4 Å². The van der Waals surface area contributed by atoms with E-state index in [1.807, 2.05) is 9.62 Å². The van der Waals surface area contributed by atoms with E-state index < -0.39 is 34.1 Å². The number of pyridine rings is 1. The molecule has 210 valence electrons. The van der Waals surface area contributed by atoms with Crippen LogP contribution in [0.15, 0.2) is 42.7 Å². The smallest absolute Gasteiger partial charge is 0.303 e. The number of halogens is 2. The van der Waals surface area contributed by atoms with E-state index in [1.54, 1.807) is 31.3 Å². The minimum Gasteiger partial charge on any atom is -0.490 e. The monoisotopic (exact) mass is 563 g/mol. The molecule has 0 unspecified atom stereocenters. The molecule has 0 radical (unpaired) electrons. The van der Waals surface area contributed by atoms with E-state index in [0.717, 1.165) is 4.31 Å². The largest absolute Gasteiger partial charge is 0.490 e. The lowest BCUT2D eigenvalue weighted by molar-refractivity contribution is 0.0250. The molecule has 13 heteroatoms. The first-order valence-corrected chi connectivity index (χ1v) is 14.3. The number of carbonyl (C=O) groups excluding carboxylic acids is 1. The molecule has 2 aliphatic rings. The van der Waals surface area contributed by atoms with Crippen molar-refractivity contribution >= 4 is 27.3 Å². The maximum atomic E-state index is 14.9. The van der Waals surface area contributed by atoms with Gasteiger partial charge >= 0.3 is 10.2 Å². The Labute approximate surface area is 225 Å². The molecule has 4 heterocycles. The van der Waals surface area contributed by atoms with Gasteiger partial charge < -0.3 is 14.4 Å². The van der Waals surface area contributed by atoms with Crippen molar-refractivity contribution in [3.05, 3.63) is 59.7 Å². The van der Waals surface area contributed by atoms with Gasteiger partial charge in [-0.2, -0.15) is 17.8 Å². The highest BCUT2D eigenvalue weighted by molar-refractivity contribution is 7.87. The third-order valence-electron chi connectivity index (χ3n) is 7.20. The van der Waals surface area contributed by atoms with Gasteiger partial charge in [-0.05, 0) is 30.3 Å². The summed E-state index contributed by atoms with van der Waals surface area (Å²) in [4.78, 5) is 14.7. The number of ether oxygens (including phenoxy) is 2. The van der Waals surface area contributed by atoms with E-state index in [9.17, 15) is 22.0 Å². The van der Waals surface area contributed by atoms with Crippen molar-refractivity contribution in [2.75, 3.05) is 38.3 Å². The van der Waals surface area contributed by atoms with Gasteiger partial charge in [-0.25, -0.2) is 18.0 Å². The van der Waals surface area contributed by atoms with Crippen molar-refractivity contribution in [1.29, 1.82) is 0 Å². The minimum absolute atomic E-state index is 0.0479. The van der Waals surface area contributed by atoms with Crippen molar-refractivity contribution in [3.63, 3.8) is 0 Å².